The Balaban J connectivity index is 1.69. The number of para-hydroxylation sites is 3. The summed E-state index contributed by atoms with van der Waals surface area (Å²) in [5.74, 6) is -0.112. The molecule has 0 bridgehead atoms. The van der Waals surface area contributed by atoms with Gasteiger partial charge < -0.3 is 10.3 Å². The molecule has 2 aromatic carbocycles. The zero-order valence-electron chi connectivity index (χ0n) is 11.8. The smallest absolute Gasteiger partial charge is 0.237 e. The van der Waals surface area contributed by atoms with Crippen molar-refractivity contribution < 1.29 is 4.79 Å². The van der Waals surface area contributed by atoms with Crippen molar-refractivity contribution in [3.8, 4) is 0 Å². The van der Waals surface area contributed by atoms with E-state index in [-0.39, 0.29) is 11.2 Å². The average molecular weight is 332 g/mol. The summed E-state index contributed by atoms with van der Waals surface area (Å²) >= 11 is 7.43. The second-order valence-electron chi connectivity index (χ2n) is 4.79. The van der Waals surface area contributed by atoms with Crippen molar-refractivity contribution in [2.45, 2.75) is 17.3 Å². The number of nitrogens with one attached hydrogen (secondary N) is 2. The van der Waals surface area contributed by atoms with E-state index >= 15 is 0 Å². The van der Waals surface area contributed by atoms with Crippen molar-refractivity contribution in [1.29, 1.82) is 0 Å². The molecule has 0 unspecified atom stereocenters. The highest BCUT2D eigenvalue weighted by molar-refractivity contribution is 8.00. The fourth-order valence-electron chi connectivity index (χ4n) is 2.00. The van der Waals surface area contributed by atoms with Crippen LogP contribution in [0.2, 0.25) is 5.02 Å². The Kier molecular flexibility index (Phi) is 4.36. The lowest BCUT2D eigenvalue weighted by molar-refractivity contribution is -0.115. The fourth-order valence-corrected chi connectivity index (χ4v) is 3.01. The highest BCUT2D eigenvalue weighted by atomic mass is 35.5. The molecule has 1 amide bonds. The zero-order valence-corrected chi connectivity index (χ0v) is 13.4. The second kappa shape index (κ2) is 6.42. The fraction of sp³-hybridized carbons (Fsp3) is 0.125. The number of carbonyl (C=O) groups excluding carboxylic acids is 1. The molecule has 0 fully saturated rings. The molecular weight excluding hydrogens is 318 g/mol. The number of aromatic amines is 1. The minimum absolute atomic E-state index is 0.112. The van der Waals surface area contributed by atoms with Gasteiger partial charge in [0.1, 0.15) is 0 Å². The van der Waals surface area contributed by atoms with Crippen molar-refractivity contribution in [2.75, 3.05) is 5.32 Å². The van der Waals surface area contributed by atoms with Crippen LogP contribution in [-0.4, -0.2) is 21.1 Å². The van der Waals surface area contributed by atoms with Crippen molar-refractivity contribution in [1.82, 2.24) is 9.97 Å². The summed E-state index contributed by atoms with van der Waals surface area (Å²) in [5, 5.41) is 3.79. The largest absolute Gasteiger partial charge is 0.333 e. The first-order valence-electron chi connectivity index (χ1n) is 6.80. The summed E-state index contributed by atoms with van der Waals surface area (Å²) in [7, 11) is 0. The average Bonchev–Trinajstić information content (AvgIpc) is 2.91. The summed E-state index contributed by atoms with van der Waals surface area (Å²) in [4.78, 5) is 19.9. The summed E-state index contributed by atoms with van der Waals surface area (Å²) in [6, 6.07) is 15.0. The van der Waals surface area contributed by atoms with E-state index in [0.717, 1.165) is 16.2 Å². The molecule has 112 valence electrons. The number of anilines is 1. The predicted octanol–water partition coefficient (Wildman–Crippen LogP) is 4.34. The van der Waals surface area contributed by atoms with Gasteiger partial charge in [0.15, 0.2) is 5.16 Å². The normalized spacial score (nSPS) is 12.3. The third-order valence-corrected chi connectivity index (χ3v) is 4.47. The zero-order chi connectivity index (χ0) is 15.5. The molecule has 2 N–H and O–H groups in total. The Hall–Kier alpha value is -1.98. The van der Waals surface area contributed by atoms with Crippen molar-refractivity contribution in [2.24, 2.45) is 0 Å². The quantitative estimate of drug-likeness (QED) is 0.699. The van der Waals surface area contributed by atoms with E-state index in [1.807, 2.05) is 43.3 Å². The van der Waals surface area contributed by atoms with Crippen LogP contribution in [0.1, 0.15) is 6.92 Å². The Labute approximate surface area is 137 Å². The summed E-state index contributed by atoms with van der Waals surface area (Å²) < 4.78 is 0. The molecule has 1 aromatic heterocycles. The molecule has 6 heteroatoms. The van der Waals surface area contributed by atoms with E-state index in [1.165, 1.54) is 11.8 Å². The van der Waals surface area contributed by atoms with Crippen LogP contribution < -0.4 is 5.32 Å². The number of carbonyl (C=O) groups is 1. The van der Waals surface area contributed by atoms with E-state index < -0.39 is 0 Å². The number of benzene rings is 2. The first kappa shape index (κ1) is 14.9. The molecule has 22 heavy (non-hydrogen) atoms. The highest BCUT2D eigenvalue weighted by Crippen LogP contribution is 2.26. The van der Waals surface area contributed by atoms with Gasteiger partial charge in [0.05, 0.1) is 27.0 Å². The van der Waals surface area contributed by atoms with Gasteiger partial charge in [0.25, 0.3) is 0 Å². The maximum atomic E-state index is 12.3. The van der Waals surface area contributed by atoms with Crippen LogP contribution in [0.25, 0.3) is 11.0 Å². The van der Waals surface area contributed by atoms with Crippen molar-refractivity contribution >= 4 is 46.0 Å². The maximum Gasteiger partial charge on any atom is 0.237 e. The molecule has 4 nitrogen and oxygen atoms in total. The molecule has 3 aromatic rings. The molecule has 0 aliphatic rings. The maximum absolute atomic E-state index is 12.3. The standard InChI is InChI=1S/C16H14ClN3OS/c1-10(15(21)18-12-7-3-2-6-11(12)17)22-16-19-13-8-4-5-9-14(13)20-16/h2-10H,1H3,(H,18,21)(H,19,20)/t10-/m0/s1. The predicted molar refractivity (Wildman–Crippen MR) is 91.5 cm³/mol. The van der Waals surface area contributed by atoms with E-state index in [2.05, 4.69) is 15.3 Å². The van der Waals surface area contributed by atoms with E-state index in [9.17, 15) is 4.79 Å². The number of amides is 1. The minimum Gasteiger partial charge on any atom is -0.333 e. The Morgan fingerprint density at radius 1 is 1.23 bits per heavy atom. The summed E-state index contributed by atoms with van der Waals surface area (Å²) in [6.45, 7) is 1.84. The molecule has 0 saturated carbocycles. The van der Waals surface area contributed by atoms with E-state index in [4.69, 9.17) is 11.6 Å². The van der Waals surface area contributed by atoms with Gasteiger partial charge in [-0.2, -0.15) is 0 Å². The molecule has 0 saturated heterocycles. The third kappa shape index (κ3) is 3.26. The van der Waals surface area contributed by atoms with Gasteiger partial charge in [-0.15, -0.1) is 0 Å². The molecule has 1 atom stereocenters. The minimum atomic E-state index is -0.295. The lowest BCUT2D eigenvalue weighted by Crippen LogP contribution is -2.22. The number of rotatable bonds is 4. The molecule has 0 aliphatic heterocycles. The van der Waals surface area contributed by atoms with Gasteiger partial charge in [-0.25, -0.2) is 4.98 Å². The SMILES string of the molecule is C[C@H](Sc1nc2ccccc2[nH]1)C(=O)Nc1ccccc1Cl. The lowest BCUT2D eigenvalue weighted by Gasteiger charge is -2.11. The van der Waals surface area contributed by atoms with Gasteiger partial charge in [0.2, 0.25) is 5.91 Å². The van der Waals surface area contributed by atoms with Crippen LogP contribution in [0.15, 0.2) is 53.7 Å². The first-order valence-corrected chi connectivity index (χ1v) is 8.06. The number of halogens is 1. The topological polar surface area (TPSA) is 57.8 Å². The number of fused-ring (bicyclic) bond motifs is 1. The monoisotopic (exact) mass is 331 g/mol. The van der Waals surface area contributed by atoms with Crippen LogP contribution in [0.4, 0.5) is 5.69 Å². The Morgan fingerprint density at radius 2 is 1.95 bits per heavy atom. The van der Waals surface area contributed by atoms with Crippen molar-refractivity contribution in [3.05, 3.63) is 53.6 Å². The summed E-state index contributed by atoms with van der Waals surface area (Å²) in [5.41, 5.74) is 2.47. The van der Waals surface area contributed by atoms with Crippen LogP contribution in [0.3, 0.4) is 0 Å². The van der Waals surface area contributed by atoms with Gasteiger partial charge >= 0.3 is 0 Å². The highest BCUT2D eigenvalue weighted by Gasteiger charge is 2.17. The van der Waals surface area contributed by atoms with Gasteiger partial charge in [-0.05, 0) is 31.2 Å². The number of thioether (sulfide) groups is 1. The number of H-pyrrole nitrogens is 1. The van der Waals surface area contributed by atoms with Gasteiger partial charge in [-0.3, -0.25) is 4.79 Å². The van der Waals surface area contributed by atoms with Crippen molar-refractivity contribution in [3.63, 3.8) is 0 Å². The summed E-state index contributed by atoms with van der Waals surface area (Å²) in [6.07, 6.45) is 0. The molecule has 3 rings (SSSR count). The lowest BCUT2D eigenvalue weighted by atomic mass is 10.3. The number of aromatic nitrogens is 2. The molecule has 1 heterocycles. The molecule has 0 aliphatic carbocycles. The number of hydrogen-bond acceptors (Lipinski definition) is 3. The van der Waals surface area contributed by atoms with Gasteiger partial charge in [-0.1, -0.05) is 47.6 Å². The van der Waals surface area contributed by atoms with Crippen LogP contribution in [0, 0.1) is 0 Å². The van der Waals surface area contributed by atoms with E-state index in [0.29, 0.717) is 10.7 Å². The van der Waals surface area contributed by atoms with Crippen LogP contribution in [0.5, 0.6) is 0 Å². The molecule has 0 spiro atoms. The Bertz CT molecular complexity index is 785. The number of nitrogens with zero attached hydrogens (tertiary/aromatic N) is 1. The van der Waals surface area contributed by atoms with E-state index in [1.54, 1.807) is 12.1 Å². The third-order valence-electron chi connectivity index (χ3n) is 3.16. The number of hydrogen-bond donors (Lipinski definition) is 2. The van der Waals surface area contributed by atoms with Gasteiger partial charge in [0, 0.05) is 0 Å². The van der Waals surface area contributed by atoms with Crippen LogP contribution in [-0.2, 0) is 4.79 Å². The molecule has 0 radical (unpaired) electrons. The van der Waals surface area contributed by atoms with Crippen LogP contribution >= 0.6 is 23.4 Å². The Morgan fingerprint density at radius 3 is 2.73 bits per heavy atom. The first-order chi connectivity index (χ1) is 10.6. The number of imidazole rings is 1. The molecular formula is C16H14ClN3OS. The second-order valence-corrected chi connectivity index (χ2v) is 6.52.